The summed E-state index contributed by atoms with van der Waals surface area (Å²) in [5.74, 6) is 0.450. The normalized spacial score (nSPS) is 12.7. The number of hydrogen-bond donors (Lipinski definition) is 1. The smallest absolute Gasteiger partial charge is 0.147 e. The van der Waals surface area contributed by atoms with E-state index in [0.717, 1.165) is 16.0 Å². The first kappa shape index (κ1) is 16.1. The lowest BCUT2D eigenvalue weighted by atomic mass is 10.1. The highest BCUT2D eigenvalue weighted by Crippen LogP contribution is 2.30. The second-order valence-corrected chi connectivity index (χ2v) is 6.68. The predicted molar refractivity (Wildman–Crippen MR) is 93.7 cm³/mol. The Morgan fingerprint density at radius 3 is 2.87 bits per heavy atom. The van der Waals surface area contributed by atoms with E-state index in [1.165, 1.54) is 12.4 Å². The molecule has 2 aromatic heterocycles. The molecule has 0 saturated heterocycles. The maximum absolute atomic E-state index is 14.2. The molecule has 0 aliphatic carbocycles. The SMILES string of the molecule is CN(C)[C@H](CNc1ncnc2ccsc12)c1c(F)cccc1Cl. The summed E-state index contributed by atoms with van der Waals surface area (Å²) in [7, 11) is 3.80. The molecule has 4 nitrogen and oxygen atoms in total. The molecule has 0 radical (unpaired) electrons. The van der Waals surface area contributed by atoms with Crippen LogP contribution in [0.3, 0.4) is 0 Å². The van der Waals surface area contributed by atoms with Crippen LogP contribution >= 0.6 is 22.9 Å². The molecule has 120 valence electrons. The van der Waals surface area contributed by atoms with Crippen LogP contribution in [0.2, 0.25) is 5.02 Å². The summed E-state index contributed by atoms with van der Waals surface area (Å²) >= 11 is 7.78. The number of rotatable bonds is 5. The molecule has 0 fully saturated rings. The quantitative estimate of drug-likeness (QED) is 0.748. The van der Waals surface area contributed by atoms with E-state index in [1.807, 2.05) is 30.4 Å². The van der Waals surface area contributed by atoms with Gasteiger partial charge in [-0.2, -0.15) is 0 Å². The molecule has 0 unspecified atom stereocenters. The number of benzene rings is 1. The fourth-order valence-corrected chi connectivity index (χ4v) is 3.58. The molecule has 2 heterocycles. The predicted octanol–water partition coefficient (Wildman–Crippen LogP) is 4.20. The molecule has 0 amide bonds. The summed E-state index contributed by atoms with van der Waals surface area (Å²) in [5.41, 5.74) is 1.39. The van der Waals surface area contributed by atoms with Gasteiger partial charge in [0.2, 0.25) is 0 Å². The van der Waals surface area contributed by atoms with Gasteiger partial charge in [-0.15, -0.1) is 11.3 Å². The Balaban J connectivity index is 1.88. The van der Waals surface area contributed by atoms with Gasteiger partial charge >= 0.3 is 0 Å². The second-order valence-electron chi connectivity index (χ2n) is 5.35. The van der Waals surface area contributed by atoms with Crippen molar-refractivity contribution in [2.45, 2.75) is 6.04 Å². The molecule has 1 aromatic carbocycles. The third-order valence-corrected chi connectivity index (χ3v) is 4.90. The zero-order chi connectivity index (χ0) is 16.4. The maximum Gasteiger partial charge on any atom is 0.147 e. The van der Waals surface area contributed by atoms with Crippen molar-refractivity contribution in [1.29, 1.82) is 0 Å². The van der Waals surface area contributed by atoms with Crippen molar-refractivity contribution in [2.75, 3.05) is 26.0 Å². The zero-order valence-corrected chi connectivity index (χ0v) is 14.3. The Labute approximate surface area is 142 Å². The van der Waals surface area contributed by atoms with Gasteiger partial charge < -0.3 is 10.2 Å². The molecule has 0 saturated carbocycles. The number of nitrogens with one attached hydrogen (secondary N) is 1. The second kappa shape index (κ2) is 6.78. The average Bonchev–Trinajstić information content (AvgIpc) is 2.99. The van der Waals surface area contributed by atoms with Gasteiger partial charge in [-0.3, -0.25) is 0 Å². The lowest BCUT2D eigenvalue weighted by Crippen LogP contribution is -2.28. The molecule has 0 bridgehead atoms. The molecule has 3 rings (SSSR count). The minimum absolute atomic E-state index is 0.214. The first-order valence-corrected chi connectivity index (χ1v) is 8.36. The molecular formula is C16H16ClFN4S. The lowest BCUT2D eigenvalue weighted by molar-refractivity contribution is 0.304. The molecular weight excluding hydrogens is 335 g/mol. The molecule has 7 heteroatoms. The van der Waals surface area contributed by atoms with Gasteiger partial charge in [-0.1, -0.05) is 17.7 Å². The minimum atomic E-state index is -0.304. The van der Waals surface area contributed by atoms with E-state index in [0.29, 0.717) is 17.1 Å². The van der Waals surface area contributed by atoms with E-state index < -0.39 is 0 Å². The Morgan fingerprint density at radius 1 is 1.30 bits per heavy atom. The van der Waals surface area contributed by atoms with Crippen LogP contribution in [-0.4, -0.2) is 35.5 Å². The van der Waals surface area contributed by atoms with Crippen molar-refractivity contribution >= 4 is 39.0 Å². The van der Waals surface area contributed by atoms with Crippen LogP contribution in [0.4, 0.5) is 10.2 Å². The van der Waals surface area contributed by atoms with E-state index in [9.17, 15) is 4.39 Å². The standard InChI is InChI=1S/C16H16ClFN4S/c1-22(2)13(14-10(17)4-3-5-11(14)18)8-19-16-15-12(6-7-23-15)20-9-21-16/h3-7,9,13H,8H2,1-2H3,(H,19,20,21)/t13-/m1/s1. The van der Waals surface area contributed by atoms with Gasteiger partial charge in [0.1, 0.15) is 18.0 Å². The molecule has 3 aromatic rings. The van der Waals surface area contributed by atoms with Gasteiger partial charge in [0.05, 0.1) is 16.3 Å². The van der Waals surface area contributed by atoms with Crippen molar-refractivity contribution in [1.82, 2.24) is 14.9 Å². The van der Waals surface area contributed by atoms with E-state index in [2.05, 4.69) is 15.3 Å². The van der Waals surface area contributed by atoms with Crippen LogP contribution in [0, 0.1) is 5.82 Å². The fourth-order valence-electron chi connectivity index (χ4n) is 2.48. The Morgan fingerprint density at radius 2 is 2.13 bits per heavy atom. The third kappa shape index (κ3) is 3.29. The van der Waals surface area contributed by atoms with Crippen molar-refractivity contribution < 1.29 is 4.39 Å². The Kier molecular flexibility index (Phi) is 4.75. The van der Waals surface area contributed by atoms with Crippen LogP contribution in [0.5, 0.6) is 0 Å². The van der Waals surface area contributed by atoms with Crippen LogP contribution in [0.25, 0.3) is 10.2 Å². The number of thiophene rings is 1. The molecule has 1 N–H and O–H groups in total. The zero-order valence-electron chi connectivity index (χ0n) is 12.8. The largest absolute Gasteiger partial charge is 0.367 e. The highest BCUT2D eigenvalue weighted by Gasteiger charge is 2.21. The number of halogens is 2. The third-order valence-electron chi connectivity index (χ3n) is 3.66. The first-order chi connectivity index (χ1) is 11.1. The highest BCUT2D eigenvalue weighted by molar-refractivity contribution is 7.17. The summed E-state index contributed by atoms with van der Waals surface area (Å²) in [6, 6.07) is 6.48. The summed E-state index contributed by atoms with van der Waals surface area (Å²) in [6.07, 6.45) is 1.53. The molecule has 1 atom stereocenters. The number of anilines is 1. The number of hydrogen-bond acceptors (Lipinski definition) is 5. The summed E-state index contributed by atoms with van der Waals surface area (Å²) in [4.78, 5) is 10.4. The van der Waals surface area contributed by atoms with E-state index in [4.69, 9.17) is 11.6 Å². The monoisotopic (exact) mass is 350 g/mol. The summed E-state index contributed by atoms with van der Waals surface area (Å²) in [5, 5.41) is 5.70. The molecule has 0 aliphatic rings. The average molecular weight is 351 g/mol. The van der Waals surface area contributed by atoms with E-state index >= 15 is 0 Å². The molecule has 0 aliphatic heterocycles. The number of likely N-dealkylation sites (N-methyl/N-ethyl adjacent to an activating group) is 1. The van der Waals surface area contributed by atoms with Gasteiger partial charge in [0.15, 0.2) is 0 Å². The fraction of sp³-hybridized carbons (Fsp3) is 0.250. The van der Waals surface area contributed by atoms with E-state index in [-0.39, 0.29) is 11.9 Å². The topological polar surface area (TPSA) is 41.0 Å². The van der Waals surface area contributed by atoms with Crippen molar-refractivity contribution in [2.24, 2.45) is 0 Å². The first-order valence-electron chi connectivity index (χ1n) is 7.10. The molecule has 0 spiro atoms. The number of fused-ring (bicyclic) bond motifs is 1. The van der Waals surface area contributed by atoms with Gasteiger partial charge in [-0.05, 0) is 37.7 Å². The van der Waals surface area contributed by atoms with Gasteiger partial charge in [-0.25, -0.2) is 14.4 Å². The van der Waals surface area contributed by atoms with Crippen LogP contribution in [0.15, 0.2) is 36.0 Å². The van der Waals surface area contributed by atoms with Gasteiger partial charge in [0, 0.05) is 17.1 Å². The maximum atomic E-state index is 14.2. The highest BCUT2D eigenvalue weighted by atomic mass is 35.5. The van der Waals surface area contributed by atoms with Crippen molar-refractivity contribution in [3.05, 3.63) is 52.4 Å². The number of nitrogens with zero attached hydrogens (tertiary/aromatic N) is 3. The molecule has 23 heavy (non-hydrogen) atoms. The Hall–Kier alpha value is -1.76. The van der Waals surface area contributed by atoms with Crippen LogP contribution < -0.4 is 5.32 Å². The Bertz CT molecular complexity index is 800. The summed E-state index contributed by atoms with van der Waals surface area (Å²) < 4.78 is 15.2. The van der Waals surface area contributed by atoms with E-state index in [1.54, 1.807) is 23.5 Å². The lowest BCUT2D eigenvalue weighted by Gasteiger charge is -2.26. The van der Waals surface area contributed by atoms with Crippen LogP contribution in [0.1, 0.15) is 11.6 Å². The summed E-state index contributed by atoms with van der Waals surface area (Å²) in [6.45, 7) is 0.484. The number of aromatic nitrogens is 2. The van der Waals surface area contributed by atoms with Crippen molar-refractivity contribution in [3.8, 4) is 0 Å². The minimum Gasteiger partial charge on any atom is -0.367 e. The van der Waals surface area contributed by atoms with Crippen molar-refractivity contribution in [3.63, 3.8) is 0 Å². The van der Waals surface area contributed by atoms with Gasteiger partial charge in [0.25, 0.3) is 0 Å². The van der Waals surface area contributed by atoms with Crippen LogP contribution in [-0.2, 0) is 0 Å².